The lowest BCUT2D eigenvalue weighted by Gasteiger charge is -2.44. The molecule has 0 spiro atoms. The molecule has 0 unspecified atom stereocenters. The molecule has 35 heavy (non-hydrogen) atoms. The van der Waals surface area contributed by atoms with Gasteiger partial charge in [0.05, 0.1) is 18.6 Å². The third-order valence-corrected chi connectivity index (χ3v) is 6.56. The minimum absolute atomic E-state index is 0.0325. The van der Waals surface area contributed by atoms with Gasteiger partial charge in [-0.1, -0.05) is 0 Å². The summed E-state index contributed by atoms with van der Waals surface area (Å²) in [5.74, 6) is -1.67. The minimum atomic E-state index is -4.72. The van der Waals surface area contributed by atoms with E-state index in [9.17, 15) is 27.2 Å². The molecule has 11 heteroatoms. The normalized spacial score (nSPS) is 19.9. The topological polar surface area (TPSA) is 69.4 Å². The highest BCUT2D eigenvalue weighted by Gasteiger charge is 2.40. The van der Waals surface area contributed by atoms with Crippen LogP contribution < -0.4 is 10.3 Å². The van der Waals surface area contributed by atoms with Gasteiger partial charge in [-0.15, -0.1) is 0 Å². The zero-order valence-electron chi connectivity index (χ0n) is 18.8. The summed E-state index contributed by atoms with van der Waals surface area (Å²) in [6.45, 7) is 2.58. The first kappa shape index (κ1) is 23.1. The standard InChI is InChI=1S/C24H22F4N4O3/c1-14-11-30(13-29-14)19-3-4-20-23(34)31(6-7-32(20)22(19)33)17-8-15(9-17)12-35-21-5-2-16(25)10-18(21)24(26,27)28/h2-5,10-11,13,15,17H,6-9,12H2,1H3/t15-,17-. The van der Waals surface area contributed by atoms with Gasteiger partial charge in [-0.25, -0.2) is 9.37 Å². The van der Waals surface area contributed by atoms with E-state index in [0.29, 0.717) is 43.4 Å². The fraction of sp³-hybridized carbons (Fsp3) is 0.375. The van der Waals surface area contributed by atoms with Crippen LogP contribution in [-0.4, -0.2) is 44.1 Å². The van der Waals surface area contributed by atoms with Crippen LogP contribution in [0.4, 0.5) is 17.6 Å². The number of halogens is 4. The number of ether oxygens (including phenoxy) is 1. The molecular weight excluding hydrogens is 468 g/mol. The Morgan fingerprint density at radius 2 is 1.89 bits per heavy atom. The second kappa shape index (κ2) is 8.54. The van der Waals surface area contributed by atoms with Crippen molar-refractivity contribution in [1.82, 2.24) is 19.0 Å². The van der Waals surface area contributed by atoms with E-state index in [1.807, 2.05) is 6.92 Å². The van der Waals surface area contributed by atoms with Crippen molar-refractivity contribution >= 4 is 5.91 Å². The maximum absolute atomic E-state index is 13.3. The summed E-state index contributed by atoms with van der Waals surface area (Å²) in [5.41, 5.74) is 0.0736. The van der Waals surface area contributed by atoms with E-state index in [2.05, 4.69) is 4.98 Å². The van der Waals surface area contributed by atoms with E-state index in [-0.39, 0.29) is 30.0 Å². The van der Waals surface area contributed by atoms with Crippen molar-refractivity contribution in [3.8, 4) is 11.4 Å². The predicted molar refractivity (Wildman–Crippen MR) is 117 cm³/mol. The number of carbonyl (C=O) groups is 1. The Balaban J connectivity index is 1.23. The number of aryl methyl sites for hydroxylation is 1. The Labute approximate surface area is 197 Å². The minimum Gasteiger partial charge on any atom is -0.493 e. The van der Waals surface area contributed by atoms with Crippen molar-refractivity contribution in [2.75, 3.05) is 13.2 Å². The number of alkyl halides is 3. The van der Waals surface area contributed by atoms with Gasteiger partial charge in [-0.05, 0) is 56.0 Å². The highest BCUT2D eigenvalue weighted by Crippen LogP contribution is 2.38. The fourth-order valence-electron chi connectivity index (χ4n) is 4.68. The number of aromatic nitrogens is 3. The van der Waals surface area contributed by atoms with Gasteiger partial charge >= 0.3 is 6.18 Å². The second-order valence-corrected chi connectivity index (χ2v) is 8.92. The fourth-order valence-corrected chi connectivity index (χ4v) is 4.68. The maximum Gasteiger partial charge on any atom is 0.420 e. The molecule has 0 bridgehead atoms. The van der Waals surface area contributed by atoms with Gasteiger partial charge in [0.15, 0.2) is 0 Å². The number of amides is 1. The Hall–Kier alpha value is -3.63. The highest BCUT2D eigenvalue weighted by atomic mass is 19.4. The van der Waals surface area contributed by atoms with Crippen LogP contribution in [-0.2, 0) is 12.7 Å². The van der Waals surface area contributed by atoms with Crippen LogP contribution in [0.1, 0.15) is 34.6 Å². The van der Waals surface area contributed by atoms with Gasteiger partial charge < -0.3 is 18.8 Å². The van der Waals surface area contributed by atoms with Crippen molar-refractivity contribution in [3.05, 3.63) is 76.0 Å². The van der Waals surface area contributed by atoms with E-state index >= 15 is 0 Å². The summed E-state index contributed by atoms with van der Waals surface area (Å²) in [6, 6.07) is 5.49. The molecule has 3 aromatic rings. The summed E-state index contributed by atoms with van der Waals surface area (Å²) in [6.07, 6.45) is -0.283. The smallest absolute Gasteiger partial charge is 0.420 e. The number of pyridine rings is 1. The number of nitrogens with zero attached hydrogens (tertiary/aromatic N) is 4. The number of fused-ring (bicyclic) bond motifs is 1. The summed E-state index contributed by atoms with van der Waals surface area (Å²) in [7, 11) is 0. The molecule has 1 fully saturated rings. The first-order valence-electron chi connectivity index (χ1n) is 11.2. The number of rotatable bonds is 5. The number of hydrogen-bond donors (Lipinski definition) is 0. The molecule has 1 aromatic carbocycles. The first-order valence-corrected chi connectivity index (χ1v) is 11.2. The molecule has 7 nitrogen and oxygen atoms in total. The molecular formula is C24H22F4N4O3. The lowest BCUT2D eigenvalue weighted by atomic mass is 9.79. The number of carbonyl (C=O) groups excluding carboxylic acids is 1. The molecule has 0 radical (unpaired) electrons. The van der Waals surface area contributed by atoms with Gasteiger partial charge in [0.1, 0.15) is 28.5 Å². The van der Waals surface area contributed by atoms with Gasteiger partial charge in [-0.2, -0.15) is 13.2 Å². The number of benzene rings is 1. The first-order chi connectivity index (χ1) is 16.6. The largest absolute Gasteiger partial charge is 0.493 e. The van der Waals surface area contributed by atoms with Crippen LogP contribution in [0.15, 0.2) is 47.7 Å². The Morgan fingerprint density at radius 3 is 2.57 bits per heavy atom. The van der Waals surface area contributed by atoms with Crippen LogP contribution in [0, 0.1) is 18.7 Å². The molecule has 5 rings (SSSR count). The van der Waals surface area contributed by atoms with Crippen LogP contribution in [0.5, 0.6) is 5.75 Å². The molecule has 0 N–H and O–H groups in total. The van der Waals surface area contributed by atoms with Gasteiger partial charge in [-0.3, -0.25) is 9.59 Å². The zero-order chi connectivity index (χ0) is 24.9. The SMILES string of the molecule is Cc1cn(-c2ccc3n(c2=O)CCN([C@H]2C[C@H](COc4ccc(F)cc4C(F)(F)F)C2)C3=O)cn1. The monoisotopic (exact) mass is 490 g/mol. The molecule has 184 valence electrons. The molecule has 1 amide bonds. The van der Waals surface area contributed by atoms with Gasteiger partial charge in [0.2, 0.25) is 0 Å². The zero-order valence-corrected chi connectivity index (χ0v) is 18.8. The Kier molecular flexibility index (Phi) is 5.65. The number of imidazole rings is 1. The lowest BCUT2D eigenvalue weighted by molar-refractivity contribution is -0.139. The molecule has 0 atom stereocenters. The van der Waals surface area contributed by atoms with Crippen molar-refractivity contribution in [2.45, 2.75) is 38.5 Å². The quantitative estimate of drug-likeness (QED) is 0.510. The maximum atomic E-state index is 13.3. The summed E-state index contributed by atoms with van der Waals surface area (Å²) in [5, 5.41) is 0. The third-order valence-electron chi connectivity index (χ3n) is 6.56. The average molecular weight is 490 g/mol. The Morgan fingerprint density at radius 1 is 1.11 bits per heavy atom. The van der Waals surface area contributed by atoms with Crippen LogP contribution >= 0.6 is 0 Å². The van der Waals surface area contributed by atoms with Gasteiger partial charge in [0.25, 0.3) is 11.5 Å². The molecule has 2 aromatic heterocycles. The highest BCUT2D eigenvalue weighted by molar-refractivity contribution is 5.93. The van der Waals surface area contributed by atoms with Crippen molar-refractivity contribution in [1.29, 1.82) is 0 Å². The summed E-state index contributed by atoms with van der Waals surface area (Å²) >= 11 is 0. The van der Waals surface area contributed by atoms with E-state index in [1.165, 1.54) is 4.57 Å². The van der Waals surface area contributed by atoms with Crippen molar-refractivity contribution in [2.24, 2.45) is 5.92 Å². The van der Waals surface area contributed by atoms with Gasteiger partial charge in [0, 0.05) is 25.3 Å². The molecule has 1 saturated carbocycles. The van der Waals surface area contributed by atoms with Crippen molar-refractivity contribution < 1.29 is 27.1 Å². The average Bonchev–Trinajstić information content (AvgIpc) is 3.20. The van der Waals surface area contributed by atoms with Crippen LogP contribution in [0.3, 0.4) is 0 Å². The molecule has 3 heterocycles. The van der Waals surface area contributed by atoms with E-state index in [1.54, 1.807) is 34.1 Å². The van der Waals surface area contributed by atoms with E-state index < -0.39 is 23.3 Å². The lowest BCUT2D eigenvalue weighted by Crippen LogP contribution is -2.54. The molecule has 1 aliphatic heterocycles. The van der Waals surface area contributed by atoms with Crippen LogP contribution in [0.25, 0.3) is 5.69 Å². The predicted octanol–water partition coefficient (Wildman–Crippen LogP) is 3.81. The number of hydrogen-bond acceptors (Lipinski definition) is 4. The third kappa shape index (κ3) is 4.30. The van der Waals surface area contributed by atoms with Crippen molar-refractivity contribution in [3.63, 3.8) is 0 Å². The molecule has 2 aliphatic rings. The van der Waals surface area contributed by atoms with E-state index in [0.717, 1.165) is 17.8 Å². The summed E-state index contributed by atoms with van der Waals surface area (Å²) in [4.78, 5) is 31.9. The molecule has 0 saturated heterocycles. The van der Waals surface area contributed by atoms with E-state index in [4.69, 9.17) is 4.74 Å². The van der Waals surface area contributed by atoms with Crippen LogP contribution in [0.2, 0.25) is 0 Å². The summed E-state index contributed by atoms with van der Waals surface area (Å²) < 4.78 is 61.2. The molecule has 1 aliphatic carbocycles. The Bertz CT molecular complexity index is 1340. The second-order valence-electron chi connectivity index (χ2n) is 8.92.